The Kier molecular flexibility index (Phi) is 8.01. The Balaban J connectivity index is 1.18. The minimum absolute atomic E-state index is 0.643. The number of rotatable bonds is 6. The molecule has 0 fully saturated rings. The van der Waals surface area contributed by atoms with Crippen LogP contribution in [-0.4, -0.2) is 24.1 Å². The summed E-state index contributed by atoms with van der Waals surface area (Å²) < 4.78 is 7.37. The normalized spacial score (nSPS) is 11.8. The molecule has 13 aromatic rings. The van der Waals surface area contributed by atoms with E-state index in [9.17, 15) is 0 Å². The van der Waals surface area contributed by atoms with Gasteiger partial charge in [0.25, 0.3) is 0 Å². The number of nitrogens with zero attached hydrogens (tertiary/aromatic N) is 5. The fraction of sp³-hybridized carbons (Fsp3) is 0. The van der Waals surface area contributed by atoms with Crippen molar-refractivity contribution in [1.29, 1.82) is 0 Å². The van der Waals surface area contributed by atoms with Crippen molar-refractivity contribution in [3.63, 3.8) is 0 Å². The predicted molar refractivity (Wildman–Crippen MR) is 263 cm³/mol. The predicted octanol–water partition coefficient (Wildman–Crippen LogP) is 15.1. The first-order valence-electron chi connectivity index (χ1n) is 21.2. The van der Waals surface area contributed by atoms with Crippen LogP contribution in [0.1, 0.15) is 0 Å². The summed E-state index contributed by atoms with van der Waals surface area (Å²) in [6.45, 7) is 0. The highest BCUT2D eigenvalue weighted by Gasteiger charge is 2.27. The standard InChI is InChI=1S/C57H35N5S/c1-5-19-36(20-6-1)44-35-45-40-27-13-16-30-46(40)61(39-25-11-4-12-26-39)53(45)51-41-28-14-17-31-47(41)62(52(44)51)48-34-33-43(50-42-29-15-18-32-49(42)63-54(48)50)57-59-55(37-21-7-2-8-22-37)58-56(60-57)38-23-9-3-10-24-38/h1-35H. The molecule has 4 aromatic heterocycles. The fourth-order valence-corrected chi connectivity index (χ4v) is 10.9. The zero-order valence-corrected chi connectivity index (χ0v) is 34.7. The van der Waals surface area contributed by atoms with E-state index in [4.69, 9.17) is 15.0 Å². The molecule has 5 nitrogen and oxygen atoms in total. The molecule has 0 aliphatic carbocycles. The summed E-state index contributed by atoms with van der Waals surface area (Å²) in [6.07, 6.45) is 0. The first kappa shape index (κ1) is 35.6. The van der Waals surface area contributed by atoms with Crippen LogP contribution in [0.4, 0.5) is 0 Å². The third-order valence-corrected chi connectivity index (χ3v) is 13.5. The van der Waals surface area contributed by atoms with Crippen molar-refractivity contribution in [3.8, 4) is 56.7 Å². The summed E-state index contributed by atoms with van der Waals surface area (Å²) in [5.74, 6) is 1.93. The molecule has 0 atom stereocenters. The molecule has 0 amide bonds. The zero-order valence-electron chi connectivity index (χ0n) is 33.9. The Labute approximate surface area is 366 Å². The van der Waals surface area contributed by atoms with E-state index >= 15 is 0 Å². The van der Waals surface area contributed by atoms with Crippen molar-refractivity contribution in [3.05, 3.63) is 212 Å². The lowest BCUT2D eigenvalue weighted by Crippen LogP contribution is -2.01. The molecule has 63 heavy (non-hydrogen) atoms. The average molecular weight is 822 g/mol. The molecule has 294 valence electrons. The lowest BCUT2D eigenvalue weighted by Gasteiger charge is -2.16. The van der Waals surface area contributed by atoms with Crippen LogP contribution in [-0.2, 0) is 0 Å². The van der Waals surface area contributed by atoms with Gasteiger partial charge in [0, 0.05) is 65.0 Å². The van der Waals surface area contributed by atoms with E-state index in [0.717, 1.165) is 39.0 Å². The molecule has 0 bridgehead atoms. The van der Waals surface area contributed by atoms with Gasteiger partial charge in [0.05, 0.1) is 32.5 Å². The second-order valence-electron chi connectivity index (χ2n) is 15.9. The first-order valence-corrected chi connectivity index (χ1v) is 22.0. The largest absolute Gasteiger partial charge is 0.309 e. The van der Waals surface area contributed by atoms with Gasteiger partial charge in [0.2, 0.25) is 0 Å². The van der Waals surface area contributed by atoms with Gasteiger partial charge in [0.1, 0.15) is 0 Å². The molecule has 4 heterocycles. The summed E-state index contributed by atoms with van der Waals surface area (Å²) in [7, 11) is 0. The molecular weight excluding hydrogens is 787 g/mol. The SMILES string of the molecule is c1ccc(-c2nc(-c3ccccc3)nc(-c3ccc(-n4c5ccccc5c5c4c(-c4ccccc4)cc4c6ccccc6n(-c6ccccc6)c45)c4sc5ccccc5c34)n2)cc1. The van der Waals surface area contributed by atoms with Gasteiger partial charge in [0.15, 0.2) is 17.5 Å². The van der Waals surface area contributed by atoms with Gasteiger partial charge in [-0.25, -0.2) is 15.0 Å². The fourth-order valence-electron chi connectivity index (χ4n) is 9.64. The Hall–Kier alpha value is -8.19. The van der Waals surface area contributed by atoms with Crippen LogP contribution in [0.25, 0.3) is 120 Å². The van der Waals surface area contributed by atoms with Gasteiger partial charge in [-0.05, 0) is 54.1 Å². The highest BCUT2D eigenvalue weighted by atomic mass is 32.1. The Morgan fingerprint density at radius 2 is 0.873 bits per heavy atom. The maximum Gasteiger partial charge on any atom is 0.164 e. The van der Waals surface area contributed by atoms with E-state index in [1.807, 2.05) is 47.7 Å². The van der Waals surface area contributed by atoms with Crippen LogP contribution < -0.4 is 0 Å². The zero-order chi connectivity index (χ0) is 41.4. The maximum absolute atomic E-state index is 5.25. The average Bonchev–Trinajstić information content (AvgIpc) is 4.03. The van der Waals surface area contributed by atoms with Crippen LogP contribution in [0.3, 0.4) is 0 Å². The van der Waals surface area contributed by atoms with Gasteiger partial charge >= 0.3 is 0 Å². The molecular formula is C57H35N5S. The number of hydrogen-bond donors (Lipinski definition) is 0. The second-order valence-corrected chi connectivity index (χ2v) is 17.0. The van der Waals surface area contributed by atoms with Gasteiger partial charge in [-0.2, -0.15) is 0 Å². The topological polar surface area (TPSA) is 48.5 Å². The number of para-hydroxylation sites is 3. The molecule has 0 unspecified atom stereocenters. The maximum atomic E-state index is 5.25. The first-order chi connectivity index (χ1) is 31.3. The highest BCUT2D eigenvalue weighted by molar-refractivity contribution is 7.26. The molecule has 0 saturated carbocycles. The molecule has 0 aliphatic heterocycles. The van der Waals surface area contributed by atoms with Gasteiger partial charge < -0.3 is 9.13 Å². The minimum Gasteiger partial charge on any atom is -0.309 e. The highest BCUT2D eigenvalue weighted by Crippen LogP contribution is 2.49. The minimum atomic E-state index is 0.643. The third kappa shape index (κ3) is 5.52. The van der Waals surface area contributed by atoms with Gasteiger partial charge in [-0.3, -0.25) is 0 Å². The van der Waals surface area contributed by atoms with Crippen LogP contribution in [0.15, 0.2) is 212 Å². The number of fused-ring (bicyclic) bond motifs is 10. The van der Waals surface area contributed by atoms with Crippen molar-refractivity contribution < 1.29 is 0 Å². The van der Waals surface area contributed by atoms with Crippen LogP contribution in [0.2, 0.25) is 0 Å². The Bertz CT molecular complexity index is 3830. The van der Waals surface area contributed by atoms with Crippen LogP contribution >= 0.6 is 11.3 Å². The molecule has 0 aliphatic rings. The summed E-state index contributed by atoms with van der Waals surface area (Å²) >= 11 is 1.83. The van der Waals surface area contributed by atoms with E-state index < -0.39 is 0 Å². The summed E-state index contributed by atoms with van der Waals surface area (Å²) in [5, 5.41) is 7.18. The molecule has 0 spiro atoms. The number of aromatic nitrogens is 5. The van der Waals surface area contributed by atoms with Crippen molar-refractivity contribution in [2.24, 2.45) is 0 Å². The van der Waals surface area contributed by atoms with Crippen molar-refractivity contribution in [2.75, 3.05) is 0 Å². The Morgan fingerprint density at radius 3 is 1.54 bits per heavy atom. The lowest BCUT2D eigenvalue weighted by atomic mass is 9.98. The van der Waals surface area contributed by atoms with Gasteiger partial charge in [-0.15, -0.1) is 11.3 Å². The molecule has 0 N–H and O–H groups in total. The lowest BCUT2D eigenvalue weighted by molar-refractivity contribution is 1.08. The van der Waals surface area contributed by atoms with E-state index in [1.54, 1.807) is 0 Å². The molecule has 13 rings (SSSR count). The summed E-state index contributed by atoms with van der Waals surface area (Å²) in [4.78, 5) is 15.5. The monoisotopic (exact) mass is 821 g/mol. The number of hydrogen-bond acceptors (Lipinski definition) is 4. The van der Waals surface area contributed by atoms with Crippen LogP contribution in [0, 0.1) is 0 Å². The van der Waals surface area contributed by atoms with Crippen LogP contribution in [0.5, 0.6) is 0 Å². The third-order valence-electron chi connectivity index (χ3n) is 12.4. The number of thiophene rings is 1. The van der Waals surface area contributed by atoms with E-state index in [-0.39, 0.29) is 0 Å². The van der Waals surface area contributed by atoms with E-state index in [1.165, 1.54) is 64.0 Å². The van der Waals surface area contributed by atoms with Crippen molar-refractivity contribution in [1.82, 2.24) is 24.1 Å². The van der Waals surface area contributed by atoms with Crippen molar-refractivity contribution in [2.45, 2.75) is 0 Å². The smallest absolute Gasteiger partial charge is 0.164 e. The molecule has 6 heteroatoms. The van der Waals surface area contributed by atoms with Gasteiger partial charge in [-0.1, -0.05) is 164 Å². The summed E-state index contributed by atoms with van der Waals surface area (Å²) in [6, 6.07) is 75.5. The molecule has 9 aromatic carbocycles. The van der Waals surface area contributed by atoms with Crippen molar-refractivity contribution >= 4 is 75.1 Å². The molecule has 0 radical (unpaired) electrons. The quantitative estimate of drug-likeness (QED) is 0.168. The van der Waals surface area contributed by atoms with E-state index in [0.29, 0.717) is 17.5 Å². The number of benzene rings is 9. The second kappa shape index (κ2) is 14.2. The molecule has 0 saturated heterocycles. The Morgan fingerprint density at radius 1 is 0.349 bits per heavy atom. The van der Waals surface area contributed by atoms with E-state index in [2.05, 4.69) is 185 Å². The summed E-state index contributed by atoms with van der Waals surface area (Å²) in [5.41, 5.74) is 12.1.